The molecule has 5 nitrogen and oxygen atoms in total. The minimum absolute atomic E-state index is 0.0359. The van der Waals surface area contributed by atoms with Crippen LogP contribution in [0.25, 0.3) is 0 Å². The van der Waals surface area contributed by atoms with Crippen molar-refractivity contribution < 1.29 is 14.3 Å². The number of carbonyl (C=O) groups is 2. The highest BCUT2D eigenvalue weighted by atomic mass is 16.5. The van der Waals surface area contributed by atoms with Gasteiger partial charge in [0.25, 0.3) is 5.91 Å². The molecule has 1 heterocycles. The van der Waals surface area contributed by atoms with E-state index in [1.807, 2.05) is 4.90 Å². The molecule has 0 aromatic heterocycles. The number of methoxy groups -OCH3 is 1. The van der Waals surface area contributed by atoms with Crippen LogP contribution < -0.4 is 10.1 Å². The van der Waals surface area contributed by atoms with Gasteiger partial charge in [-0.05, 0) is 49.9 Å². The Bertz CT molecular complexity index is 585. The molecule has 1 N–H and O–H groups in total. The van der Waals surface area contributed by atoms with Crippen LogP contribution in [0.5, 0.6) is 5.75 Å². The second-order valence-corrected chi connectivity index (χ2v) is 7.14. The Kier molecular flexibility index (Phi) is 5.95. The van der Waals surface area contributed by atoms with E-state index in [-0.39, 0.29) is 17.7 Å². The van der Waals surface area contributed by atoms with Crippen LogP contribution in [0.3, 0.4) is 0 Å². The summed E-state index contributed by atoms with van der Waals surface area (Å²) in [6.07, 6.45) is 7.46. The van der Waals surface area contributed by atoms with E-state index in [2.05, 4.69) is 5.32 Å². The lowest BCUT2D eigenvalue weighted by atomic mass is 9.92. The van der Waals surface area contributed by atoms with Crippen LogP contribution in [-0.2, 0) is 4.79 Å². The molecule has 2 amide bonds. The predicted molar refractivity (Wildman–Crippen MR) is 96.6 cm³/mol. The molecule has 25 heavy (non-hydrogen) atoms. The smallest absolute Gasteiger partial charge is 0.253 e. The fourth-order valence-electron chi connectivity index (χ4n) is 3.83. The van der Waals surface area contributed by atoms with Gasteiger partial charge in [-0.1, -0.05) is 19.3 Å². The fourth-order valence-corrected chi connectivity index (χ4v) is 3.83. The van der Waals surface area contributed by atoms with Crippen molar-refractivity contribution in [1.29, 1.82) is 0 Å². The zero-order valence-corrected chi connectivity index (χ0v) is 15.0. The van der Waals surface area contributed by atoms with Crippen molar-refractivity contribution >= 4 is 11.8 Å². The summed E-state index contributed by atoms with van der Waals surface area (Å²) in [4.78, 5) is 26.9. The SMILES string of the molecule is COc1ccc(C(=O)N2CCC(C(=O)NC3CCCCC3)CC2)cc1. The van der Waals surface area contributed by atoms with Crippen LogP contribution in [0.1, 0.15) is 55.3 Å². The van der Waals surface area contributed by atoms with Gasteiger partial charge in [-0.3, -0.25) is 9.59 Å². The van der Waals surface area contributed by atoms with Gasteiger partial charge in [0.2, 0.25) is 5.91 Å². The average Bonchev–Trinajstić information content (AvgIpc) is 2.68. The van der Waals surface area contributed by atoms with E-state index in [0.717, 1.165) is 31.4 Å². The Morgan fingerprint density at radius 1 is 1.00 bits per heavy atom. The van der Waals surface area contributed by atoms with Crippen molar-refractivity contribution in [3.63, 3.8) is 0 Å². The Morgan fingerprint density at radius 3 is 2.24 bits per heavy atom. The topological polar surface area (TPSA) is 58.6 Å². The van der Waals surface area contributed by atoms with Gasteiger partial charge >= 0.3 is 0 Å². The molecule has 0 unspecified atom stereocenters. The molecule has 1 aromatic rings. The monoisotopic (exact) mass is 344 g/mol. The number of carbonyl (C=O) groups excluding carboxylic acids is 2. The summed E-state index contributed by atoms with van der Waals surface area (Å²) < 4.78 is 5.13. The maximum Gasteiger partial charge on any atom is 0.253 e. The summed E-state index contributed by atoms with van der Waals surface area (Å²) in [5.74, 6) is 1.01. The molecule has 0 radical (unpaired) electrons. The number of hydrogen-bond acceptors (Lipinski definition) is 3. The Labute approximate surface area is 149 Å². The van der Waals surface area contributed by atoms with E-state index in [1.54, 1.807) is 31.4 Å². The van der Waals surface area contributed by atoms with Crippen LogP contribution in [0.4, 0.5) is 0 Å². The third-order valence-corrected chi connectivity index (χ3v) is 5.44. The lowest BCUT2D eigenvalue weighted by molar-refractivity contribution is -0.127. The first-order chi connectivity index (χ1) is 12.2. The van der Waals surface area contributed by atoms with Crippen LogP contribution >= 0.6 is 0 Å². The van der Waals surface area contributed by atoms with Crippen molar-refractivity contribution in [3.05, 3.63) is 29.8 Å². The van der Waals surface area contributed by atoms with Crippen LogP contribution in [-0.4, -0.2) is 43.0 Å². The molecule has 136 valence electrons. The summed E-state index contributed by atoms with van der Waals surface area (Å²) in [5, 5.41) is 3.22. The van der Waals surface area contributed by atoms with E-state index < -0.39 is 0 Å². The van der Waals surface area contributed by atoms with Crippen molar-refractivity contribution in [2.45, 2.75) is 51.0 Å². The molecule has 1 saturated carbocycles. The summed E-state index contributed by atoms with van der Waals surface area (Å²) >= 11 is 0. The third kappa shape index (κ3) is 4.53. The molecule has 0 spiro atoms. The lowest BCUT2D eigenvalue weighted by Crippen LogP contribution is -2.45. The minimum Gasteiger partial charge on any atom is -0.497 e. The molecule has 1 aliphatic heterocycles. The predicted octanol–water partition coefficient (Wildman–Crippen LogP) is 3.00. The summed E-state index contributed by atoms with van der Waals surface area (Å²) in [6, 6.07) is 7.56. The van der Waals surface area contributed by atoms with E-state index in [9.17, 15) is 9.59 Å². The van der Waals surface area contributed by atoms with E-state index in [1.165, 1.54) is 19.3 Å². The van der Waals surface area contributed by atoms with E-state index in [0.29, 0.717) is 24.7 Å². The molecular weight excluding hydrogens is 316 g/mol. The minimum atomic E-state index is 0.0359. The molecule has 0 atom stereocenters. The van der Waals surface area contributed by atoms with Gasteiger partial charge in [-0.15, -0.1) is 0 Å². The van der Waals surface area contributed by atoms with Gasteiger partial charge in [0, 0.05) is 30.6 Å². The standard InChI is InChI=1S/C20H28N2O3/c1-25-18-9-7-16(8-10-18)20(24)22-13-11-15(12-14-22)19(23)21-17-5-3-2-4-6-17/h7-10,15,17H,2-6,11-14H2,1H3,(H,21,23). The number of nitrogens with zero attached hydrogens (tertiary/aromatic N) is 1. The molecular formula is C20H28N2O3. The molecule has 2 fully saturated rings. The number of hydrogen-bond donors (Lipinski definition) is 1. The first kappa shape index (κ1) is 17.8. The van der Waals surface area contributed by atoms with Gasteiger partial charge in [-0.25, -0.2) is 0 Å². The number of likely N-dealkylation sites (tertiary alicyclic amines) is 1. The summed E-state index contributed by atoms with van der Waals surface area (Å²) in [7, 11) is 1.61. The van der Waals surface area contributed by atoms with Gasteiger partial charge in [0.1, 0.15) is 5.75 Å². The van der Waals surface area contributed by atoms with E-state index in [4.69, 9.17) is 4.74 Å². The average molecular weight is 344 g/mol. The number of piperidine rings is 1. The zero-order chi connectivity index (χ0) is 17.6. The number of rotatable bonds is 4. The number of ether oxygens (including phenoxy) is 1. The number of amides is 2. The number of benzene rings is 1. The highest BCUT2D eigenvalue weighted by Gasteiger charge is 2.29. The maximum absolute atomic E-state index is 12.6. The fraction of sp³-hybridized carbons (Fsp3) is 0.600. The second kappa shape index (κ2) is 8.37. The highest BCUT2D eigenvalue weighted by molar-refractivity contribution is 5.94. The Hall–Kier alpha value is -2.04. The Morgan fingerprint density at radius 2 is 1.64 bits per heavy atom. The largest absolute Gasteiger partial charge is 0.497 e. The molecule has 1 aliphatic carbocycles. The molecule has 0 bridgehead atoms. The van der Waals surface area contributed by atoms with Crippen molar-refractivity contribution in [1.82, 2.24) is 10.2 Å². The van der Waals surface area contributed by atoms with Crippen molar-refractivity contribution in [2.75, 3.05) is 20.2 Å². The number of nitrogens with one attached hydrogen (secondary N) is 1. The first-order valence-corrected chi connectivity index (χ1v) is 9.41. The third-order valence-electron chi connectivity index (χ3n) is 5.44. The molecule has 5 heteroatoms. The van der Waals surface area contributed by atoms with Gasteiger partial charge in [-0.2, -0.15) is 0 Å². The molecule has 1 saturated heterocycles. The highest BCUT2D eigenvalue weighted by Crippen LogP contribution is 2.22. The van der Waals surface area contributed by atoms with Crippen LogP contribution in [0, 0.1) is 5.92 Å². The first-order valence-electron chi connectivity index (χ1n) is 9.41. The lowest BCUT2D eigenvalue weighted by Gasteiger charge is -2.33. The van der Waals surface area contributed by atoms with Crippen LogP contribution in [0.2, 0.25) is 0 Å². The normalized spacial score (nSPS) is 19.5. The van der Waals surface area contributed by atoms with Crippen LogP contribution in [0.15, 0.2) is 24.3 Å². The van der Waals surface area contributed by atoms with E-state index >= 15 is 0 Å². The van der Waals surface area contributed by atoms with Gasteiger partial charge < -0.3 is 15.0 Å². The maximum atomic E-state index is 12.6. The summed E-state index contributed by atoms with van der Waals surface area (Å²) in [5.41, 5.74) is 0.672. The quantitative estimate of drug-likeness (QED) is 0.913. The summed E-state index contributed by atoms with van der Waals surface area (Å²) in [6.45, 7) is 1.29. The zero-order valence-electron chi connectivity index (χ0n) is 15.0. The van der Waals surface area contributed by atoms with Crippen molar-refractivity contribution in [2.24, 2.45) is 5.92 Å². The molecule has 1 aromatic carbocycles. The van der Waals surface area contributed by atoms with Gasteiger partial charge in [0.05, 0.1) is 7.11 Å². The van der Waals surface area contributed by atoms with Crippen molar-refractivity contribution in [3.8, 4) is 5.75 Å². The van der Waals surface area contributed by atoms with Gasteiger partial charge in [0.15, 0.2) is 0 Å². The Balaban J connectivity index is 1.48. The molecule has 2 aliphatic rings. The second-order valence-electron chi connectivity index (χ2n) is 7.14. The molecule has 3 rings (SSSR count).